The number of hydrogen-bond acceptors (Lipinski definition) is 9. The van der Waals surface area contributed by atoms with Gasteiger partial charge >= 0.3 is 6.01 Å². The van der Waals surface area contributed by atoms with Crippen molar-refractivity contribution < 1.29 is 19.0 Å². The van der Waals surface area contributed by atoms with E-state index < -0.39 is 0 Å². The Bertz CT molecular complexity index is 1250. The van der Waals surface area contributed by atoms with E-state index in [4.69, 9.17) is 14.2 Å². The number of methoxy groups -OCH3 is 2. The molecule has 206 valence electrons. The molecule has 0 saturated carbocycles. The van der Waals surface area contributed by atoms with Gasteiger partial charge in [0.1, 0.15) is 17.5 Å². The predicted molar refractivity (Wildman–Crippen MR) is 145 cm³/mol. The van der Waals surface area contributed by atoms with E-state index in [1.54, 1.807) is 20.4 Å². The monoisotopic (exact) mass is 525 g/mol. The highest BCUT2D eigenvalue weighted by Crippen LogP contribution is 2.37. The minimum Gasteiger partial charge on any atom is -0.496 e. The molecular formula is C27H39N7O4. The average Bonchev–Trinajstić information content (AvgIpc) is 3.32. The fraction of sp³-hybridized carbons (Fsp3) is 0.593. The fourth-order valence-electron chi connectivity index (χ4n) is 4.50. The van der Waals surface area contributed by atoms with Crippen LogP contribution in [0.2, 0.25) is 0 Å². The molecule has 1 amide bonds. The lowest BCUT2D eigenvalue weighted by Crippen LogP contribution is -2.42. The van der Waals surface area contributed by atoms with Crippen molar-refractivity contribution in [1.29, 1.82) is 0 Å². The zero-order chi connectivity index (χ0) is 27.4. The maximum absolute atomic E-state index is 13.1. The van der Waals surface area contributed by atoms with Crippen LogP contribution < -0.4 is 19.7 Å². The number of piperidine rings is 1. The lowest BCUT2D eigenvalue weighted by molar-refractivity contribution is 0.0831. The van der Waals surface area contributed by atoms with Gasteiger partial charge < -0.3 is 29.4 Å². The van der Waals surface area contributed by atoms with E-state index >= 15 is 0 Å². The molecule has 3 aromatic heterocycles. The second kappa shape index (κ2) is 11.5. The molecule has 3 aromatic rings. The van der Waals surface area contributed by atoms with Gasteiger partial charge in [-0.25, -0.2) is 4.98 Å². The largest absolute Gasteiger partial charge is 0.496 e. The van der Waals surface area contributed by atoms with E-state index in [1.807, 2.05) is 26.1 Å². The van der Waals surface area contributed by atoms with Gasteiger partial charge in [-0.05, 0) is 49.7 Å². The second-order valence-electron chi connectivity index (χ2n) is 10.9. The van der Waals surface area contributed by atoms with Crippen molar-refractivity contribution >= 4 is 22.9 Å². The van der Waals surface area contributed by atoms with E-state index in [9.17, 15) is 4.79 Å². The molecule has 2 atom stereocenters. The molecular weight excluding hydrogens is 486 g/mol. The summed E-state index contributed by atoms with van der Waals surface area (Å²) < 4.78 is 16.7. The summed E-state index contributed by atoms with van der Waals surface area (Å²) >= 11 is 0. The Kier molecular flexibility index (Phi) is 8.35. The van der Waals surface area contributed by atoms with E-state index in [1.165, 1.54) is 5.56 Å². The van der Waals surface area contributed by atoms with Gasteiger partial charge in [0.05, 0.1) is 19.1 Å². The van der Waals surface area contributed by atoms with Gasteiger partial charge in [-0.15, -0.1) is 0 Å². The summed E-state index contributed by atoms with van der Waals surface area (Å²) in [4.78, 5) is 36.4. The van der Waals surface area contributed by atoms with Crippen LogP contribution in [0.3, 0.4) is 0 Å². The first-order valence-electron chi connectivity index (χ1n) is 13.1. The Morgan fingerprint density at radius 1 is 1.18 bits per heavy atom. The summed E-state index contributed by atoms with van der Waals surface area (Å²) in [6, 6.07) is 1.92. The standard InChI is InChI=1S/C27H39N7O4/c1-16(15-36-6)38-26-32-23(24(35)30-17(2)27(3,4)5)31-25(33-26)34-12-9-18(10-13-34)19-14-29-22-21(19)20(37-7)8-11-28-22/h8,11,14,16-18H,9-10,12-13,15H2,1-7H3,(H,28,29)(H,30,35)/t16-,17-/m1/s1. The third-order valence-electron chi connectivity index (χ3n) is 7.16. The van der Waals surface area contributed by atoms with Crippen molar-refractivity contribution in [3.8, 4) is 11.8 Å². The molecule has 0 aromatic carbocycles. The number of ether oxygens (including phenoxy) is 3. The molecule has 1 fully saturated rings. The van der Waals surface area contributed by atoms with Crippen LogP contribution in [0.15, 0.2) is 18.5 Å². The van der Waals surface area contributed by atoms with E-state index in [-0.39, 0.29) is 35.3 Å². The number of aromatic amines is 1. The molecule has 0 spiro atoms. The summed E-state index contributed by atoms with van der Waals surface area (Å²) in [5, 5.41) is 4.04. The van der Waals surface area contributed by atoms with Crippen molar-refractivity contribution in [2.24, 2.45) is 5.41 Å². The minimum absolute atomic E-state index is 0.0419. The molecule has 4 heterocycles. The molecule has 4 rings (SSSR count). The van der Waals surface area contributed by atoms with E-state index in [2.05, 4.69) is 55.9 Å². The Balaban J connectivity index is 1.55. The number of H-pyrrole nitrogens is 1. The van der Waals surface area contributed by atoms with Crippen LogP contribution >= 0.6 is 0 Å². The maximum Gasteiger partial charge on any atom is 0.322 e. The van der Waals surface area contributed by atoms with Crippen molar-refractivity contribution in [1.82, 2.24) is 30.2 Å². The topological polar surface area (TPSA) is 127 Å². The number of hydrogen-bond donors (Lipinski definition) is 2. The Hall–Kier alpha value is -3.47. The van der Waals surface area contributed by atoms with Crippen LogP contribution in [0.1, 0.15) is 69.6 Å². The van der Waals surface area contributed by atoms with Crippen LogP contribution in [0.5, 0.6) is 11.8 Å². The molecule has 11 heteroatoms. The number of anilines is 1. The molecule has 1 aliphatic rings. The van der Waals surface area contributed by atoms with E-state index in [0.29, 0.717) is 18.5 Å². The second-order valence-corrected chi connectivity index (χ2v) is 10.9. The van der Waals surface area contributed by atoms with Gasteiger partial charge in [-0.1, -0.05) is 20.8 Å². The molecule has 0 unspecified atom stereocenters. The SMILES string of the molecule is COC[C@@H](C)Oc1nc(C(=O)N[C@H](C)C(C)(C)C)nc(N2CCC(c3c[nH]c4nccc(OC)c34)CC2)n1. The Labute approximate surface area is 223 Å². The maximum atomic E-state index is 13.1. The highest BCUT2D eigenvalue weighted by atomic mass is 16.5. The minimum atomic E-state index is -0.353. The van der Waals surface area contributed by atoms with Crippen LogP contribution in [-0.2, 0) is 4.74 Å². The molecule has 1 saturated heterocycles. The summed E-state index contributed by atoms with van der Waals surface area (Å²) in [6.07, 6.45) is 5.26. The first kappa shape index (κ1) is 27.6. The summed E-state index contributed by atoms with van der Waals surface area (Å²) in [7, 11) is 3.28. The summed E-state index contributed by atoms with van der Waals surface area (Å²) in [5.74, 6) is 1.27. The highest BCUT2D eigenvalue weighted by molar-refractivity contribution is 5.91. The van der Waals surface area contributed by atoms with Crippen LogP contribution in [0, 0.1) is 5.41 Å². The average molecular weight is 526 g/mol. The molecule has 2 N–H and O–H groups in total. The number of fused-ring (bicyclic) bond motifs is 1. The third-order valence-corrected chi connectivity index (χ3v) is 7.16. The summed E-state index contributed by atoms with van der Waals surface area (Å²) in [5.41, 5.74) is 1.92. The highest BCUT2D eigenvalue weighted by Gasteiger charge is 2.28. The smallest absolute Gasteiger partial charge is 0.322 e. The number of nitrogens with one attached hydrogen (secondary N) is 2. The van der Waals surface area contributed by atoms with Crippen LogP contribution in [0.25, 0.3) is 11.0 Å². The number of carbonyl (C=O) groups excluding carboxylic acids is 1. The van der Waals surface area contributed by atoms with Gasteiger partial charge in [0.25, 0.3) is 5.91 Å². The quantitative estimate of drug-likeness (QED) is 0.430. The molecule has 0 bridgehead atoms. The number of rotatable bonds is 9. The number of pyridine rings is 1. The molecule has 11 nitrogen and oxygen atoms in total. The van der Waals surface area contributed by atoms with Gasteiger partial charge in [0, 0.05) is 38.6 Å². The summed E-state index contributed by atoms with van der Waals surface area (Å²) in [6.45, 7) is 11.9. The zero-order valence-corrected chi connectivity index (χ0v) is 23.4. The number of amides is 1. The molecule has 0 radical (unpaired) electrons. The molecule has 0 aliphatic carbocycles. The van der Waals surface area contributed by atoms with Crippen LogP contribution in [-0.4, -0.2) is 76.9 Å². The number of nitrogens with zero attached hydrogens (tertiary/aromatic N) is 5. The molecule has 38 heavy (non-hydrogen) atoms. The fourth-order valence-corrected chi connectivity index (χ4v) is 4.50. The first-order chi connectivity index (χ1) is 18.1. The lowest BCUT2D eigenvalue weighted by Gasteiger charge is -2.32. The van der Waals surface area contributed by atoms with Crippen molar-refractivity contribution in [3.05, 3.63) is 29.8 Å². The van der Waals surface area contributed by atoms with Crippen molar-refractivity contribution in [2.75, 3.05) is 38.8 Å². The van der Waals surface area contributed by atoms with Gasteiger partial charge in [-0.3, -0.25) is 4.79 Å². The number of carbonyl (C=O) groups is 1. The van der Waals surface area contributed by atoms with E-state index in [0.717, 1.165) is 42.7 Å². The van der Waals surface area contributed by atoms with Gasteiger partial charge in [0.15, 0.2) is 0 Å². The lowest BCUT2D eigenvalue weighted by atomic mass is 9.88. The van der Waals surface area contributed by atoms with Crippen LogP contribution in [0.4, 0.5) is 5.95 Å². The van der Waals surface area contributed by atoms with Crippen molar-refractivity contribution in [2.45, 2.75) is 65.5 Å². The Morgan fingerprint density at radius 3 is 2.58 bits per heavy atom. The third kappa shape index (κ3) is 6.15. The zero-order valence-electron chi connectivity index (χ0n) is 23.4. The van der Waals surface area contributed by atoms with Crippen molar-refractivity contribution in [3.63, 3.8) is 0 Å². The predicted octanol–water partition coefficient (Wildman–Crippen LogP) is 3.72. The van der Waals surface area contributed by atoms with Gasteiger partial charge in [0.2, 0.25) is 11.8 Å². The van der Waals surface area contributed by atoms with Gasteiger partial charge in [-0.2, -0.15) is 15.0 Å². The first-order valence-corrected chi connectivity index (χ1v) is 13.1. The molecule has 1 aliphatic heterocycles. The number of aromatic nitrogens is 5. The normalized spacial score (nSPS) is 16.3. The Morgan fingerprint density at radius 2 is 1.92 bits per heavy atom.